The number of hydrogen-bond donors (Lipinski definition) is 1. The van der Waals surface area contributed by atoms with Crippen molar-refractivity contribution in [2.24, 2.45) is 0 Å². The van der Waals surface area contributed by atoms with E-state index in [-0.39, 0.29) is 6.42 Å². The van der Waals surface area contributed by atoms with Crippen molar-refractivity contribution in [3.63, 3.8) is 0 Å². The molecule has 0 bridgehead atoms. The molecular weight excluding hydrogens is 279 g/mol. The van der Waals surface area contributed by atoms with Crippen molar-refractivity contribution < 1.29 is 14.3 Å². The van der Waals surface area contributed by atoms with Crippen LogP contribution in [-0.4, -0.2) is 11.1 Å². The summed E-state index contributed by atoms with van der Waals surface area (Å²) in [5, 5.41) is 9.76. The van der Waals surface area contributed by atoms with Gasteiger partial charge in [0.25, 0.3) is 0 Å². The summed E-state index contributed by atoms with van der Waals surface area (Å²) in [5.74, 6) is -2.11. The van der Waals surface area contributed by atoms with Crippen LogP contribution in [0.4, 0.5) is 4.39 Å². The topological polar surface area (TPSA) is 37.3 Å². The third-order valence-electron chi connectivity index (χ3n) is 3.21. The molecule has 0 fully saturated rings. The van der Waals surface area contributed by atoms with Crippen molar-refractivity contribution in [1.29, 1.82) is 0 Å². The second-order valence-corrected chi connectivity index (χ2v) is 5.15. The summed E-state index contributed by atoms with van der Waals surface area (Å²) in [5.41, 5.74) is 2.24. The summed E-state index contributed by atoms with van der Waals surface area (Å²) in [6, 6.07) is 11.3. The lowest BCUT2D eigenvalue weighted by Crippen LogP contribution is -2.14. The van der Waals surface area contributed by atoms with E-state index in [2.05, 4.69) is 0 Å². The smallest absolute Gasteiger partial charge is 0.311 e. The van der Waals surface area contributed by atoms with E-state index in [4.69, 9.17) is 11.6 Å². The number of aliphatic carboxylic acids is 1. The summed E-state index contributed by atoms with van der Waals surface area (Å²) in [4.78, 5) is 11.4. The fourth-order valence-corrected chi connectivity index (χ4v) is 2.26. The highest BCUT2D eigenvalue weighted by Gasteiger charge is 2.21. The first-order chi connectivity index (χ1) is 9.47. The van der Waals surface area contributed by atoms with Crippen molar-refractivity contribution in [2.45, 2.75) is 19.3 Å². The van der Waals surface area contributed by atoms with E-state index in [0.717, 1.165) is 5.56 Å². The van der Waals surface area contributed by atoms with Crippen LogP contribution in [0.25, 0.3) is 0 Å². The van der Waals surface area contributed by atoms with Crippen LogP contribution in [0.1, 0.15) is 22.6 Å². The van der Waals surface area contributed by atoms with Gasteiger partial charge in [-0.2, -0.15) is 0 Å². The maximum Gasteiger partial charge on any atom is 0.311 e. The molecule has 1 N–H and O–H groups in total. The Morgan fingerprint density at radius 3 is 2.50 bits per heavy atom. The second-order valence-electron chi connectivity index (χ2n) is 4.74. The minimum Gasteiger partial charge on any atom is -0.481 e. The fraction of sp³-hybridized carbons (Fsp3) is 0.188. The van der Waals surface area contributed by atoms with Crippen LogP contribution in [0.2, 0.25) is 5.02 Å². The molecule has 0 radical (unpaired) electrons. The Morgan fingerprint density at radius 1 is 1.25 bits per heavy atom. The van der Waals surface area contributed by atoms with Gasteiger partial charge in [-0.05, 0) is 42.7 Å². The van der Waals surface area contributed by atoms with Crippen molar-refractivity contribution >= 4 is 17.6 Å². The summed E-state index contributed by atoms with van der Waals surface area (Å²) in [7, 11) is 0. The fourth-order valence-electron chi connectivity index (χ4n) is 2.07. The molecule has 104 valence electrons. The van der Waals surface area contributed by atoms with Gasteiger partial charge in [-0.3, -0.25) is 4.79 Å². The van der Waals surface area contributed by atoms with Crippen molar-refractivity contribution in [2.75, 3.05) is 0 Å². The molecule has 2 aromatic carbocycles. The third-order valence-corrected chi connectivity index (χ3v) is 3.58. The van der Waals surface area contributed by atoms with Crippen LogP contribution >= 0.6 is 11.6 Å². The molecule has 0 heterocycles. The van der Waals surface area contributed by atoms with E-state index in [9.17, 15) is 14.3 Å². The van der Waals surface area contributed by atoms with Crippen molar-refractivity contribution in [3.05, 3.63) is 70.0 Å². The first kappa shape index (κ1) is 14.5. The summed E-state index contributed by atoms with van der Waals surface area (Å²) < 4.78 is 13.2. The van der Waals surface area contributed by atoms with Crippen LogP contribution in [0.5, 0.6) is 0 Å². The van der Waals surface area contributed by atoms with E-state index in [1.807, 2.05) is 19.1 Å². The van der Waals surface area contributed by atoms with Gasteiger partial charge in [0.1, 0.15) is 5.82 Å². The Morgan fingerprint density at radius 2 is 1.90 bits per heavy atom. The number of aryl methyl sites for hydroxylation is 1. The van der Waals surface area contributed by atoms with Gasteiger partial charge in [0, 0.05) is 5.02 Å². The second kappa shape index (κ2) is 6.06. The van der Waals surface area contributed by atoms with Gasteiger partial charge in [-0.15, -0.1) is 0 Å². The molecule has 20 heavy (non-hydrogen) atoms. The molecule has 2 aromatic rings. The summed E-state index contributed by atoms with van der Waals surface area (Å²) >= 11 is 6.00. The van der Waals surface area contributed by atoms with Gasteiger partial charge in [0.15, 0.2) is 0 Å². The number of halogens is 2. The van der Waals surface area contributed by atoms with Gasteiger partial charge >= 0.3 is 5.97 Å². The van der Waals surface area contributed by atoms with E-state index >= 15 is 0 Å². The molecule has 0 saturated heterocycles. The number of carbonyl (C=O) groups is 1. The molecule has 0 aliphatic rings. The average Bonchev–Trinajstić information content (AvgIpc) is 2.40. The van der Waals surface area contributed by atoms with Crippen LogP contribution in [-0.2, 0) is 11.2 Å². The average molecular weight is 293 g/mol. The van der Waals surface area contributed by atoms with Crippen LogP contribution in [0.15, 0.2) is 42.5 Å². The molecule has 1 atom stereocenters. The highest BCUT2D eigenvalue weighted by molar-refractivity contribution is 6.31. The monoisotopic (exact) mass is 292 g/mol. The van der Waals surface area contributed by atoms with E-state index in [1.54, 1.807) is 12.1 Å². The number of hydrogen-bond acceptors (Lipinski definition) is 1. The first-order valence-corrected chi connectivity index (χ1v) is 6.58. The minimum atomic E-state index is -0.950. The number of benzene rings is 2. The maximum absolute atomic E-state index is 13.2. The molecular formula is C16H14ClFO2. The molecule has 0 saturated carbocycles. The standard InChI is InChI=1S/C16H14ClFO2/c1-10-2-4-11(5-3-10)14(16(19)20)9-12-8-13(18)6-7-15(12)17/h2-8,14H,9H2,1H3,(H,19,20). The van der Waals surface area contributed by atoms with E-state index < -0.39 is 17.7 Å². The lowest BCUT2D eigenvalue weighted by atomic mass is 9.91. The Kier molecular flexibility index (Phi) is 4.40. The predicted molar refractivity (Wildman–Crippen MR) is 76.7 cm³/mol. The Bertz CT molecular complexity index is 623. The van der Waals surface area contributed by atoms with Crippen LogP contribution in [0.3, 0.4) is 0 Å². The quantitative estimate of drug-likeness (QED) is 0.917. The Hall–Kier alpha value is -1.87. The Balaban J connectivity index is 2.32. The summed E-state index contributed by atoms with van der Waals surface area (Å²) in [6.45, 7) is 1.93. The van der Waals surface area contributed by atoms with Gasteiger partial charge in [-0.1, -0.05) is 41.4 Å². The molecule has 4 heteroatoms. The molecule has 2 rings (SSSR count). The van der Waals surface area contributed by atoms with Crippen LogP contribution < -0.4 is 0 Å². The third kappa shape index (κ3) is 3.36. The highest BCUT2D eigenvalue weighted by Crippen LogP contribution is 2.26. The molecule has 1 unspecified atom stereocenters. The zero-order chi connectivity index (χ0) is 14.7. The van der Waals surface area contributed by atoms with Gasteiger partial charge in [0.05, 0.1) is 5.92 Å². The van der Waals surface area contributed by atoms with Crippen LogP contribution in [0, 0.1) is 12.7 Å². The minimum absolute atomic E-state index is 0.162. The van der Waals surface area contributed by atoms with E-state index in [0.29, 0.717) is 16.1 Å². The maximum atomic E-state index is 13.2. The van der Waals surface area contributed by atoms with Gasteiger partial charge in [-0.25, -0.2) is 4.39 Å². The number of carboxylic acid groups (broad SMARTS) is 1. The molecule has 0 amide bonds. The SMILES string of the molecule is Cc1ccc(C(Cc2cc(F)ccc2Cl)C(=O)O)cc1. The van der Waals surface area contributed by atoms with Gasteiger partial charge in [0.2, 0.25) is 0 Å². The predicted octanol–water partition coefficient (Wildman–Crippen LogP) is 4.20. The van der Waals surface area contributed by atoms with E-state index in [1.165, 1.54) is 18.2 Å². The highest BCUT2D eigenvalue weighted by atomic mass is 35.5. The molecule has 0 aromatic heterocycles. The zero-order valence-corrected chi connectivity index (χ0v) is 11.7. The molecule has 0 aliphatic heterocycles. The zero-order valence-electron chi connectivity index (χ0n) is 10.9. The number of carboxylic acids is 1. The lowest BCUT2D eigenvalue weighted by molar-refractivity contribution is -0.138. The lowest BCUT2D eigenvalue weighted by Gasteiger charge is -2.14. The Labute approximate surface area is 121 Å². The number of rotatable bonds is 4. The normalized spacial score (nSPS) is 12.2. The molecule has 0 aliphatic carbocycles. The largest absolute Gasteiger partial charge is 0.481 e. The van der Waals surface area contributed by atoms with Crippen molar-refractivity contribution in [1.82, 2.24) is 0 Å². The summed E-state index contributed by atoms with van der Waals surface area (Å²) in [6.07, 6.45) is 0.162. The van der Waals surface area contributed by atoms with Crippen molar-refractivity contribution in [3.8, 4) is 0 Å². The molecule has 2 nitrogen and oxygen atoms in total. The molecule has 0 spiro atoms. The van der Waals surface area contributed by atoms with Gasteiger partial charge < -0.3 is 5.11 Å². The first-order valence-electron chi connectivity index (χ1n) is 6.20.